The molecule has 288 valence electrons. The highest BCUT2D eigenvalue weighted by Crippen LogP contribution is 2.42. The van der Waals surface area contributed by atoms with Gasteiger partial charge in [0.25, 0.3) is 5.91 Å². The summed E-state index contributed by atoms with van der Waals surface area (Å²) in [6.07, 6.45) is -2.45. The maximum absolute atomic E-state index is 14.2. The van der Waals surface area contributed by atoms with Crippen molar-refractivity contribution in [2.45, 2.75) is 44.7 Å². The van der Waals surface area contributed by atoms with E-state index in [1.165, 1.54) is 12.1 Å². The Hall–Kier alpha value is -5.18. The van der Waals surface area contributed by atoms with Gasteiger partial charge >= 0.3 is 0 Å². The molecule has 4 N–H and O–H groups in total. The van der Waals surface area contributed by atoms with Crippen LogP contribution in [0.15, 0.2) is 97.1 Å². The fourth-order valence-electron chi connectivity index (χ4n) is 6.64. The summed E-state index contributed by atoms with van der Waals surface area (Å²) in [4.78, 5) is 14.5. The first-order valence-corrected chi connectivity index (χ1v) is 17.5. The highest BCUT2D eigenvalue weighted by molar-refractivity contribution is 5.94. The number of rotatable bonds is 12. The van der Waals surface area contributed by atoms with Crippen molar-refractivity contribution < 1.29 is 51.5 Å². The first-order chi connectivity index (χ1) is 26.3. The third-order valence-corrected chi connectivity index (χ3v) is 9.66. The van der Waals surface area contributed by atoms with Gasteiger partial charge < -0.3 is 35.0 Å². The monoisotopic (exact) mass is 762 g/mol. The molecule has 1 aliphatic heterocycles. The predicted molar refractivity (Wildman–Crippen MR) is 193 cm³/mol. The van der Waals surface area contributed by atoms with Crippen LogP contribution in [0.2, 0.25) is 0 Å². The largest absolute Gasteiger partial charge is 0.508 e. The van der Waals surface area contributed by atoms with Crippen LogP contribution in [0.25, 0.3) is 11.1 Å². The van der Waals surface area contributed by atoms with Gasteiger partial charge in [-0.3, -0.25) is 4.79 Å². The number of benzene rings is 5. The molecular formula is C42H39F5N2O6. The molecule has 5 atom stereocenters. The minimum absolute atomic E-state index is 0.0603. The quantitative estimate of drug-likeness (QED) is 0.0588. The summed E-state index contributed by atoms with van der Waals surface area (Å²) in [5, 5.41) is 32.6. The number of phenolic OH excluding ortho intramolecular Hbond substituents is 1. The highest BCUT2D eigenvalue weighted by Gasteiger charge is 2.39. The Kier molecular flexibility index (Phi) is 12.3. The topological polar surface area (TPSA) is 111 Å². The number of ether oxygens (including phenoxy) is 2. The number of aromatic hydroxyl groups is 1. The van der Waals surface area contributed by atoms with Gasteiger partial charge in [0.2, 0.25) is 5.82 Å². The minimum Gasteiger partial charge on any atom is -0.508 e. The van der Waals surface area contributed by atoms with Crippen LogP contribution < -0.4 is 5.32 Å². The standard InChI is InChI=1S/C42H39F5N2O6/c1-23-33(21-49(2)20-32(52)29-9-5-11-31(51)18-29)54-42(55-40(23)26-14-12-24(22-50)13-15-26)30-10-4-8-28(17-30)27-7-3-6-25(16-27)19-48-41(53)34-35(43)37(45)39(47)38(46)36(34)44/h3-18,23,32-33,40,42,50-52H,19-22H2,1-2H3,(H,48,53). The van der Waals surface area contributed by atoms with Gasteiger partial charge in [-0.15, -0.1) is 0 Å². The Morgan fingerprint density at radius 3 is 2.09 bits per heavy atom. The van der Waals surface area contributed by atoms with Crippen LogP contribution in [-0.4, -0.2) is 52.4 Å². The third kappa shape index (κ3) is 8.87. The van der Waals surface area contributed by atoms with Crippen LogP contribution >= 0.6 is 0 Å². The number of aliphatic hydroxyl groups is 2. The van der Waals surface area contributed by atoms with Crippen LogP contribution in [0.1, 0.15) is 63.6 Å². The number of halogens is 5. The van der Waals surface area contributed by atoms with E-state index in [9.17, 15) is 42.1 Å². The number of hydrogen-bond donors (Lipinski definition) is 4. The Bertz CT molecular complexity index is 2120. The molecule has 1 heterocycles. The van der Waals surface area contributed by atoms with Gasteiger partial charge in [0.1, 0.15) is 11.3 Å². The van der Waals surface area contributed by atoms with E-state index in [0.717, 1.165) is 16.7 Å². The van der Waals surface area contributed by atoms with Gasteiger partial charge in [0.05, 0.1) is 24.9 Å². The zero-order valence-electron chi connectivity index (χ0n) is 29.9. The molecule has 0 aromatic heterocycles. The Morgan fingerprint density at radius 2 is 1.42 bits per heavy atom. The number of aliphatic hydroxyl groups excluding tert-OH is 2. The molecule has 0 spiro atoms. The predicted octanol–water partition coefficient (Wildman–Crippen LogP) is 7.63. The molecule has 0 bridgehead atoms. The van der Waals surface area contributed by atoms with E-state index in [-0.39, 0.29) is 37.5 Å². The summed E-state index contributed by atoms with van der Waals surface area (Å²) in [7, 11) is 1.87. The smallest absolute Gasteiger partial charge is 0.257 e. The van der Waals surface area contributed by atoms with Crippen LogP contribution in [0.4, 0.5) is 22.0 Å². The summed E-state index contributed by atoms with van der Waals surface area (Å²) < 4.78 is 82.5. The number of amides is 1. The lowest BCUT2D eigenvalue weighted by atomic mass is 9.89. The van der Waals surface area contributed by atoms with Crippen molar-refractivity contribution in [1.82, 2.24) is 10.2 Å². The lowest BCUT2D eigenvalue weighted by Gasteiger charge is -2.42. The van der Waals surface area contributed by atoms with Crippen molar-refractivity contribution in [2.24, 2.45) is 5.92 Å². The average Bonchev–Trinajstić information content (AvgIpc) is 3.19. The van der Waals surface area contributed by atoms with E-state index < -0.39 is 59.1 Å². The molecule has 1 fully saturated rings. The molecule has 0 saturated carbocycles. The van der Waals surface area contributed by atoms with Gasteiger partial charge in [0.15, 0.2) is 29.6 Å². The van der Waals surface area contributed by atoms with E-state index >= 15 is 0 Å². The fourth-order valence-corrected chi connectivity index (χ4v) is 6.64. The number of carbonyl (C=O) groups is 1. The van der Waals surface area contributed by atoms with E-state index in [4.69, 9.17) is 9.47 Å². The molecule has 1 amide bonds. The Labute approximate surface area is 314 Å². The SMILES string of the molecule is CC1C(CN(C)CC(O)c2cccc(O)c2)OC(c2cccc(-c3cccc(CNC(=O)c4c(F)c(F)c(F)c(F)c4F)c3)c2)OC1c1ccc(CO)cc1. The molecule has 55 heavy (non-hydrogen) atoms. The van der Waals surface area contributed by atoms with Crippen molar-refractivity contribution in [3.63, 3.8) is 0 Å². The third-order valence-electron chi connectivity index (χ3n) is 9.66. The maximum atomic E-state index is 14.2. The Morgan fingerprint density at radius 1 is 0.782 bits per heavy atom. The first-order valence-electron chi connectivity index (χ1n) is 17.5. The zero-order valence-corrected chi connectivity index (χ0v) is 29.9. The molecule has 5 aromatic rings. The number of hydrogen-bond acceptors (Lipinski definition) is 7. The van der Waals surface area contributed by atoms with E-state index in [1.807, 2.05) is 67.4 Å². The summed E-state index contributed by atoms with van der Waals surface area (Å²) in [5.41, 5.74) is 3.27. The zero-order chi connectivity index (χ0) is 39.4. The molecular weight excluding hydrogens is 723 g/mol. The minimum atomic E-state index is -2.35. The molecule has 13 heteroatoms. The van der Waals surface area contributed by atoms with Gasteiger partial charge in [-0.1, -0.05) is 79.7 Å². The fraction of sp³-hybridized carbons (Fsp3) is 0.262. The van der Waals surface area contributed by atoms with Gasteiger partial charge in [0, 0.05) is 31.1 Å². The van der Waals surface area contributed by atoms with Crippen molar-refractivity contribution in [3.8, 4) is 16.9 Å². The molecule has 0 radical (unpaired) electrons. The second kappa shape index (κ2) is 17.1. The van der Waals surface area contributed by atoms with E-state index in [2.05, 4.69) is 5.32 Å². The number of carbonyl (C=O) groups excluding carboxylic acids is 1. The van der Waals surface area contributed by atoms with E-state index in [1.54, 1.807) is 36.4 Å². The van der Waals surface area contributed by atoms with Gasteiger partial charge in [-0.05, 0) is 64.7 Å². The van der Waals surface area contributed by atoms with Crippen LogP contribution in [0.3, 0.4) is 0 Å². The van der Waals surface area contributed by atoms with E-state index in [0.29, 0.717) is 28.8 Å². The summed E-state index contributed by atoms with van der Waals surface area (Å²) >= 11 is 0. The van der Waals surface area contributed by atoms with Crippen LogP contribution in [-0.2, 0) is 22.6 Å². The van der Waals surface area contributed by atoms with Crippen molar-refractivity contribution in [3.05, 3.63) is 160 Å². The van der Waals surface area contributed by atoms with Crippen molar-refractivity contribution >= 4 is 5.91 Å². The molecule has 0 aliphatic carbocycles. The average molecular weight is 763 g/mol. The van der Waals surface area contributed by atoms with Crippen molar-refractivity contribution in [2.75, 3.05) is 20.1 Å². The van der Waals surface area contributed by atoms with Gasteiger partial charge in [-0.25, -0.2) is 22.0 Å². The summed E-state index contributed by atoms with van der Waals surface area (Å²) in [5.74, 6) is -12.7. The molecule has 6 rings (SSSR count). The first kappa shape index (κ1) is 39.5. The molecule has 5 unspecified atom stereocenters. The normalized spacial score (nSPS) is 19.0. The molecule has 1 aliphatic rings. The van der Waals surface area contributed by atoms with Gasteiger partial charge in [-0.2, -0.15) is 0 Å². The lowest BCUT2D eigenvalue weighted by molar-refractivity contribution is -0.276. The van der Waals surface area contributed by atoms with Crippen molar-refractivity contribution in [1.29, 1.82) is 0 Å². The molecule has 1 saturated heterocycles. The Balaban J connectivity index is 1.21. The second-order valence-corrected chi connectivity index (χ2v) is 13.6. The number of likely N-dealkylation sites (N-methyl/N-ethyl adjacent to an activating group) is 1. The highest BCUT2D eigenvalue weighted by atomic mass is 19.2. The molecule has 8 nitrogen and oxygen atoms in total. The maximum Gasteiger partial charge on any atom is 0.257 e. The number of nitrogens with zero attached hydrogens (tertiary/aromatic N) is 1. The van der Waals surface area contributed by atoms with Crippen LogP contribution in [0.5, 0.6) is 5.75 Å². The lowest BCUT2D eigenvalue weighted by Crippen LogP contribution is -2.44. The van der Waals surface area contributed by atoms with Crippen LogP contribution in [0, 0.1) is 35.0 Å². The number of phenols is 1. The second-order valence-electron chi connectivity index (χ2n) is 13.6. The number of nitrogens with one attached hydrogen (secondary N) is 1. The summed E-state index contributed by atoms with van der Waals surface area (Å²) in [6, 6.07) is 28.2. The summed E-state index contributed by atoms with van der Waals surface area (Å²) in [6.45, 7) is 2.35. The molecule has 5 aromatic carbocycles.